The summed E-state index contributed by atoms with van der Waals surface area (Å²) in [5.41, 5.74) is 1.70. The van der Waals surface area contributed by atoms with Crippen molar-refractivity contribution in [1.82, 2.24) is 14.5 Å². The number of hydrogen-bond acceptors (Lipinski definition) is 8. The van der Waals surface area contributed by atoms with Crippen LogP contribution < -0.4 is 4.87 Å². The second kappa shape index (κ2) is 7.88. The molecule has 0 unspecified atom stereocenters. The highest BCUT2D eigenvalue weighted by Crippen LogP contribution is 2.25. The predicted molar refractivity (Wildman–Crippen MR) is 99.9 cm³/mol. The minimum atomic E-state index is -0.501. The van der Waals surface area contributed by atoms with Crippen LogP contribution in [-0.4, -0.2) is 33.4 Å². The van der Waals surface area contributed by atoms with Gasteiger partial charge in [0.25, 0.3) is 0 Å². The number of esters is 1. The maximum atomic E-state index is 12.5. The van der Waals surface area contributed by atoms with Crippen molar-refractivity contribution in [2.75, 3.05) is 12.9 Å². The van der Waals surface area contributed by atoms with Gasteiger partial charge in [-0.25, -0.2) is 14.8 Å². The Hall–Kier alpha value is -2.39. The molecule has 0 aliphatic carbocycles. The molecule has 0 N–H and O–H groups in total. The lowest BCUT2D eigenvalue weighted by atomic mass is 10.2. The van der Waals surface area contributed by atoms with Gasteiger partial charge in [0.05, 0.1) is 18.5 Å². The van der Waals surface area contributed by atoms with E-state index in [2.05, 4.69) is 9.97 Å². The first kappa shape index (κ1) is 18.4. The molecule has 0 amide bonds. The van der Waals surface area contributed by atoms with E-state index in [1.807, 2.05) is 13.2 Å². The molecule has 0 atom stereocenters. The standard InChI is InChI=1S/C17H17N3O4S2/c1-10-9-26-17(22)20(10)6-8-24-16(21)13-11(2)18-14(19-15(13)25-3)12-5-4-7-23-12/h4-5,7,9H,6,8H2,1-3H3. The van der Waals surface area contributed by atoms with E-state index in [1.165, 1.54) is 11.8 Å². The topological polar surface area (TPSA) is 87.2 Å². The number of carbonyl (C=O) groups excluding carboxylic acids is 1. The molecular formula is C17H17N3O4S2. The molecule has 0 bridgehead atoms. The number of aryl methyl sites for hydroxylation is 2. The molecule has 0 aliphatic heterocycles. The number of ether oxygens (including phenoxy) is 1. The Labute approximate surface area is 158 Å². The van der Waals surface area contributed by atoms with Crippen molar-refractivity contribution < 1.29 is 13.9 Å². The lowest BCUT2D eigenvalue weighted by molar-refractivity contribution is 0.0483. The largest absolute Gasteiger partial charge is 0.461 e. The maximum Gasteiger partial charge on any atom is 0.342 e. The zero-order valence-electron chi connectivity index (χ0n) is 14.5. The van der Waals surface area contributed by atoms with Gasteiger partial charge >= 0.3 is 10.8 Å². The van der Waals surface area contributed by atoms with E-state index in [0.717, 1.165) is 17.0 Å². The summed E-state index contributed by atoms with van der Waals surface area (Å²) in [6.45, 7) is 4.00. The van der Waals surface area contributed by atoms with Gasteiger partial charge in [-0.3, -0.25) is 9.36 Å². The van der Waals surface area contributed by atoms with Crippen molar-refractivity contribution in [3.63, 3.8) is 0 Å². The first-order valence-corrected chi connectivity index (χ1v) is 9.90. The van der Waals surface area contributed by atoms with Gasteiger partial charge in [0.15, 0.2) is 11.6 Å². The van der Waals surface area contributed by atoms with Gasteiger partial charge in [0, 0.05) is 11.1 Å². The summed E-state index contributed by atoms with van der Waals surface area (Å²) in [7, 11) is 0. The SMILES string of the molecule is CSc1nc(-c2ccco2)nc(C)c1C(=O)OCCn1c(C)csc1=O. The molecule has 0 saturated heterocycles. The van der Waals surface area contributed by atoms with E-state index >= 15 is 0 Å². The van der Waals surface area contributed by atoms with Crippen LogP contribution in [0, 0.1) is 13.8 Å². The van der Waals surface area contributed by atoms with Crippen LogP contribution in [0.5, 0.6) is 0 Å². The predicted octanol–water partition coefficient (Wildman–Crippen LogP) is 3.16. The van der Waals surface area contributed by atoms with Crippen molar-refractivity contribution in [3.8, 4) is 11.6 Å². The highest BCUT2D eigenvalue weighted by molar-refractivity contribution is 7.98. The van der Waals surface area contributed by atoms with Gasteiger partial charge in [-0.1, -0.05) is 11.3 Å². The quantitative estimate of drug-likeness (QED) is 0.362. The Bertz CT molecular complexity index is 977. The average Bonchev–Trinajstić information content (AvgIpc) is 3.26. The van der Waals surface area contributed by atoms with E-state index in [0.29, 0.717) is 34.4 Å². The third-order valence-corrected chi connectivity index (χ3v) is 5.28. The fourth-order valence-electron chi connectivity index (χ4n) is 2.42. The molecule has 3 aromatic heterocycles. The number of rotatable bonds is 6. The Morgan fingerprint density at radius 2 is 2.19 bits per heavy atom. The fourth-order valence-corrected chi connectivity index (χ4v) is 3.80. The number of hydrogen-bond donors (Lipinski definition) is 0. The molecule has 3 rings (SSSR count). The molecule has 3 aromatic rings. The highest BCUT2D eigenvalue weighted by atomic mass is 32.2. The summed E-state index contributed by atoms with van der Waals surface area (Å²) in [5, 5.41) is 2.30. The second-order valence-electron chi connectivity index (χ2n) is 5.42. The molecule has 0 aromatic carbocycles. The summed E-state index contributed by atoms with van der Waals surface area (Å²) in [5.74, 6) is 0.461. The summed E-state index contributed by atoms with van der Waals surface area (Å²) in [4.78, 5) is 32.9. The van der Waals surface area contributed by atoms with Crippen LogP contribution in [0.1, 0.15) is 21.7 Å². The third kappa shape index (κ3) is 3.73. The molecule has 9 heteroatoms. The second-order valence-corrected chi connectivity index (χ2v) is 7.04. The van der Waals surface area contributed by atoms with Crippen LogP contribution in [-0.2, 0) is 11.3 Å². The average molecular weight is 391 g/mol. The number of furan rings is 1. The van der Waals surface area contributed by atoms with Crippen LogP contribution in [0.3, 0.4) is 0 Å². The Morgan fingerprint density at radius 1 is 1.38 bits per heavy atom. The van der Waals surface area contributed by atoms with Gasteiger partial charge in [-0.2, -0.15) is 0 Å². The smallest absolute Gasteiger partial charge is 0.342 e. The molecule has 0 aliphatic rings. The number of nitrogens with zero attached hydrogens (tertiary/aromatic N) is 3. The Morgan fingerprint density at radius 3 is 2.81 bits per heavy atom. The molecule has 0 fully saturated rings. The monoisotopic (exact) mass is 391 g/mol. The van der Waals surface area contributed by atoms with E-state index in [4.69, 9.17) is 9.15 Å². The van der Waals surface area contributed by atoms with Gasteiger partial charge in [-0.15, -0.1) is 11.8 Å². The summed E-state index contributed by atoms with van der Waals surface area (Å²) in [6, 6.07) is 3.52. The van der Waals surface area contributed by atoms with Crippen LogP contribution >= 0.6 is 23.1 Å². The number of thiazole rings is 1. The van der Waals surface area contributed by atoms with Crippen LogP contribution in [0.25, 0.3) is 11.6 Å². The summed E-state index contributed by atoms with van der Waals surface area (Å²) < 4.78 is 12.3. The van der Waals surface area contributed by atoms with Gasteiger partial charge in [-0.05, 0) is 32.2 Å². The first-order valence-electron chi connectivity index (χ1n) is 7.79. The normalized spacial score (nSPS) is 10.9. The summed E-state index contributed by atoms with van der Waals surface area (Å²) in [6.07, 6.45) is 3.38. The minimum absolute atomic E-state index is 0.0642. The molecule has 0 saturated carbocycles. The lowest BCUT2D eigenvalue weighted by Crippen LogP contribution is -2.20. The molecule has 3 heterocycles. The van der Waals surface area contributed by atoms with Crippen molar-refractivity contribution in [3.05, 3.63) is 50.4 Å². The van der Waals surface area contributed by atoms with E-state index in [9.17, 15) is 9.59 Å². The lowest BCUT2D eigenvalue weighted by Gasteiger charge is -2.11. The maximum absolute atomic E-state index is 12.5. The van der Waals surface area contributed by atoms with Crippen LogP contribution in [0.4, 0.5) is 0 Å². The highest BCUT2D eigenvalue weighted by Gasteiger charge is 2.21. The van der Waals surface area contributed by atoms with Crippen LogP contribution in [0.2, 0.25) is 0 Å². The van der Waals surface area contributed by atoms with Gasteiger partial charge in [0.1, 0.15) is 17.2 Å². The first-order chi connectivity index (χ1) is 12.5. The Balaban J connectivity index is 1.77. The molecule has 7 nitrogen and oxygen atoms in total. The van der Waals surface area contributed by atoms with Gasteiger partial charge < -0.3 is 9.15 Å². The minimum Gasteiger partial charge on any atom is -0.461 e. The van der Waals surface area contributed by atoms with Crippen molar-refractivity contribution in [1.29, 1.82) is 0 Å². The molecule has 0 radical (unpaired) electrons. The zero-order chi connectivity index (χ0) is 18.7. The molecule has 0 spiro atoms. The van der Waals surface area contributed by atoms with E-state index < -0.39 is 5.97 Å². The molecule has 136 valence electrons. The van der Waals surface area contributed by atoms with Crippen molar-refractivity contribution in [2.45, 2.75) is 25.4 Å². The number of aromatic nitrogens is 3. The van der Waals surface area contributed by atoms with E-state index in [-0.39, 0.29) is 11.5 Å². The zero-order valence-corrected chi connectivity index (χ0v) is 16.1. The third-order valence-electron chi connectivity index (χ3n) is 3.72. The fraction of sp³-hybridized carbons (Fsp3) is 0.294. The number of carbonyl (C=O) groups is 1. The van der Waals surface area contributed by atoms with Crippen LogP contribution in [0.15, 0.2) is 38.0 Å². The molecule has 26 heavy (non-hydrogen) atoms. The van der Waals surface area contributed by atoms with Gasteiger partial charge in [0.2, 0.25) is 0 Å². The Kier molecular flexibility index (Phi) is 5.58. The number of thioether (sulfide) groups is 1. The van der Waals surface area contributed by atoms with E-state index in [1.54, 1.807) is 35.3 Å². The van der Waals surface area contributed by atoms with Crippen molar-refractivity contribution in [2.24, 2.45) is 0 Å². The molecular weight excluding hydrogens is 374 g/mol. The van der Waals surface area contributed by atoms with Crippen molar-refractivity contribution >= 4 is 29.1 Å². The summed E-state index contributed by atoms with van der Waals surface area (Å²) >= 11 is 2.47.